The largest absolute Gasteiger partial charge is 0.481 e. The number of nitrogens with zero attached hydrogens (tertiary/aromatic N) is 3. The van der Waals surface area contributed by atoms with Crippen molar-refractivity contribution < 1.29 is 14.7 Å². The zero-order valence-electron chi connectivity index (χ0n) is 11.7. The first-order valence-corrected chi connectivity index (χ1v) is 6.55. The number of hydrogen-bond acceptors (Lipinski definition) is 3. The number of pyridine rings is 1. The lowest BCUT2D eigenvalue weighted by molar-refractivity contribution is -0.147. The fourth-order valence-corrected chi connectivity index (χ4v) is 2.37. The Morgan fingerprint density at radius 3 is 2.65 bits per heavy atom. The third-order valence-corrected chi connectivity index (χ3v) is 3.76. The number of urea groups is 1. The van der Waals surface area contributed by atoms with Gasteiger partial charge in [0.1, 0.15) is 0 Å². The van der Waals surface area contributed by atoms with Crippen molar-refractivity contribution in [3.05, 3.63) is 30.1 Å². The van der Waals surface area contributed by atoms with E-state index in [4.69, 9.17) is 0 Å². The number of aliphatic carboxylic acids is 1. The van der Waals surface area contributed by atoms with Crippen molar-refractivity contribution in [3.63, 3.8) is 0 Å². The SMILES string of the molecule is CN(Cc1ccncc1)C(=O)N1CCC(C)(C(=O)O)C1. The molecule has 2 heterocycles. The molecule has 1 saturated heterocycles. The first kappa shape index (κ1) is 14.3. The van der Waals surface area contributed by atoms with Crippen LogP contribution >= 0.6 is 0 Å². The summed E-state index contributed by atoms with van der Waals surface area (Å²) >= 11 is 0. The van der Waals surface area contributed by atoms with Gasteiger partial charge in [0.15, 0.2) is 0 Å². The molecule has 0 saturated carbocycles. The van der Waals surface area contributed by atoms with Gasteiger partial charge in [-0.05, 0) is 31.0 Å². The molecular weight excluding hydrogens is 258 g/mol. The summed E-state index contributed by atoms with van der Waals surface area (Å²) in [6.07, 6.45) is 3.87. The summed E-state index contributed by atoms with van der Waals surface area (Å²) in [7, 11) is 1.72. The molecule has 0 aliphatic carbocycles. The van der Waals surface area contributed by atoms with Crippen LogP contribution in [0.25, 0.3) is 0 Å². The quantitative estimate of drug-likeness (QED) is 0.907. The molecule has 20 heavy (non-hydrogen) atoms. The van der Waals surface area contributed by atoms with Crippen molar-refractivity contribution in [3.8, 4) is 0 Å². The van der Waals surface area contributed by atoms with Crippen molar-refractivity contribution >= 4 is 12.0 Å². The number of aromatic nitrogens is 1. The maximum absolute atomic E-state index is 12.3. The van der Waals surface area contributed by atoms with E-state index in [-0.39, 0.29) is 12.6 Å². The molecule has 1 aliphatic rings. The van der Waals surface area contributed by atoms with E-state index in [1.807, 2.05) is 12.1 Å². The van der Waals surface area contributed by atoms with Crippen LogP contribution in [0.5, 0.6) is 0 Å². The first-order chi connectivity index (χ1) is 9.42. The van der Waals surface area contributed by atoms with Gasteiger partial charge in [0.05, 0.1) is 5.41 Å². The van der Waals surface area contributed by atoms with Gasteiger partial charge in [-0.2, -0.15) is 0 Å². The summed E-state index contributed by atoms with van der Waals surface area (Å²) in [5.41, 5.74) is 0.170. The van der Waals surface area contributed by atoms with Crippen LogP contribution in [0.4, 0.5) is 4.79 Å². The first-order valence-electron chi connectivity index (χ1n) is 6.55. The zero-order chi connectivity index (χ0) is 14.8. The fourth-order valence-electron chi connectivity index (χ4n) is 2.37. The lowest BCUT2D eigenvalue weighted by Gasteiger charge is -2.26. The molecule has 1 N–H and O–H groups in total. The van der Waals surface area contributed by atoms with E-state index in [0.717, 1.165) is 5.56 Å². The van der Waals surface area contributed by atoms with Crippen LogP contribution in [0.2, 0.25) is 0 Å². The molecule has 1 aromatic heterocycles. The Morgan fingerprint density at radius 1 is 1.45 bits per heavy atom. The molecular formula is C14H19N3O3. The topological polar surface area (TPSA) is 73.7 Å². The van der Waals surface area contributed by atoms with Crippen molar-refractivity contribution in [1.82, 2.24) is 14.8 Å². The summed E-state index contributed by atoms with van der Waals surface area (Å²) in [4.78, 5) is 30.6. The molecule has 108 valence electrons. The molecule has 2 amide bonds. The highest BCUT2D eigenvalue weighted by Gasteiger charge is 2.42. The minimum Gasteiger partial charge on any atom is -0.481 e. The van der Waals surface area contributed by atoms with Crippen LogP contribution in [0, 0.1) is 5.41 Å². The maximum atomic E-state index is 12.3. The molecule has 6 heteroatoms. The van der Waals surface area contributed by atoms with Crippen LogP contribution in [0.15, 0.2) is 24.5 Å². The van der Waals surface area contributed by atoms with Crippen LogP contribution in [0.3, 0.4) is 0 Å². The van der Waals surface area contributed by atoms with Gasteiger partial charge >= 0.3 is 12.0 Å². The second kappa shape index (κ2) is 5.48. The van der Waals surface area contributed by atoms with Crippen molar-refractivity contribution in [1.29, 1.82) is 0 Å². The summed E-state index contributed by atoms with van der Waals surface area (Å²) in [5, 5.41) is 9.19. The van der Waals surface area contributed by atoms with Crippen molar-refractivity contribution in [2.45, 2.75) is 19.9 Å². The molecule has 1 aliphatic heterocycles. The van der Waals surface area contributed by atoms with Crippen molar-refractivity contribution in [2.75, 3.05) is 20.1 Å². The third kappa shape index (κ3) is 2.89. The number of likely N-dealkylation sites (tertiary alicyclic amines) is 1. The van der Waals surface area contributed by atoms with Crippen LogP contribution in [0.1, 0.15) is 18.9 Å². The van der Waals surface area contributed by atoms with E-state index in [2.05, 4.69) is 4.98 Å². The summed E-state index contributed by atoms with van der Waals surface area (Å²) in [5.74, 6) is -0.843. The van der Waals surface area contributed by atoms with Gasteiger partial charge in [-0.1, -0.05) is 0 Å². The highest BCUT2D eigenvalue weighted by molar-refractivity contribution is 5.79. The number of carboxylic acid groups (broad SMARTS) is 1. The average Bonchev–Trinajstić information content (AvgIpc) is 2.83. The highest BCUT2D eigenvalue weighted by atomic mass is 16.4. The van der Waals surface area contributed by atoms with Crippen LogP contribution in [-0.4, -0.2) is 52.0 Å². The van der Waals surface area contributed by atoms with E-state index >= 15 is 0 Å². The Bertz CT molecular complexity index is 506. The van der Waals surface area contributed by atoms with Crippen molar-refractivity contribution in [2.24, 2.45) is 5.41 Å². The smallest absolute Gasteiger partial charge is 0.320 e. The molecule has 0 radical (unpaired) electrons. The van der Waals surface area contributed by atoms with Gasteiger partial charge in [0.25, 0.3) is 0 Å². The fraction of sp³-hybridized carbons (Fsp3) is 0.500. The second-order valence-electron chi connectivity index (χ2n) is 5.53. The number of carbonyl (C=O) groups excluding carboxylic acids is 1. The molecule has 1 unspecified atom stereocenters. The Morgan fingerprint density at radius 2 is 2.10 bits per heavy atom. The molecule has 1 atom stereocenters. The Labute approximate surface area is 118 Å². The summed E-state index contributed by atoms with van der Waals surface area (Å²) in [6.45, 7) is 2.93. The third-order valence-electron chi connectivity index (χ3n) is 3.76. The number of amides is 2. The van der Waals surface area contributed by atoms with Gasteiger partial charge in [0.2, 0.25) is 0 Å². The second-order valence-corrected chi connectivity index (χ2v) is 5.53. The number of carbonyl (C=O) groups is 2. The van der Waals surface area contributed by atoms with Gasteiger partial charge < -0.3 is 14.9 Å². The standard InChI is InChI=1S/C14H19N3O3/c1-14(12(18)19)5-8-17(10-14)13(20)16(2)9-11-3-6-15-7-4-11/h3-4,6-7H,5,8-10H2,1-2H3,(H,18,19). The molecule has 0 spiro atoms. The molecule has 0 bridgehead atoms. The lowest BCUT2D eigenvalue weighted by atomic mass is 9.90. The van der Waals surface area contributed by atoms with E-state index in [9.17, 15) is 14.7 Å². The zero-order valence-corrected chi connectivity index (χ0v) is 11.7. The van der Waals surface area contributed by atoms with Gasteiger partial charge in [-0.3, -0.25) is 9.78 Å². The predicted octanol–water partition coefficient (Wildman–Crippen LogP) is 1.43. The monoisotopic (exact) mass is 277 g/mol. The van der Waals surface area contributed by atoms with E-state index in [1.165, 1.54) is 0 Å². The number of carboxylic acids is 1. The molecule has 1 fully saturated rings. The predicted molar refractivity (Wildman–Crippen MR) is 73.0 cm³/mol. The molecule has 2 rings (SSSR count). The van der Waals surface area contributed by atoms with E-state index in [0.29, 0.717) is 19.5 Å². The molecule has 6 nitrogen and oxygen atoms in total. The normalized spacial score (nSPS) is 21.8. The molecule has 1 aromatic rings. The average molecular weight is 277 g/mol. The number of hydrogen-bond donors (Lipinski definition) is 1. The van der Waals surface area contributed by atoms with Gasteiger partial charge in [-0.25, -0.2) is 4.79 Å². The Hall–Kier alpha value is -2.11. The Balaban J connectivity index is 1.97. The lowest BCUT2D eigenvalue weighted by Crippen LogP contribution is -2.41. The van der Waals surface area contributed by atoms with Gasteiger partial charge in [-0.15, -0.1) is 0 Å². The van der Waals surface area contributed by atoms with Gasteiger partial charge in [0, 0.05) is 39.1 Å². The molecule has 0 aromatic carbocycles. The van der Waals surface area contributed by atoms with Crippen LogP contribution < -0.4 is 0 Å². The summed E-state index contributed by atoms with van der Waals surface area (Å²) in [6, 6.07) is 3.58. The minimum absolute atomic E-state index is 0.133. The highest BCUT2D eigenvalue weighted by Crippen LogP contribution is 2.30. The number of rotatable bonds is 3. The van der Waals surface area contributed by atoms with E-state index in [1.54, 1.807) is 36.2 Å². The van der Waals surface area contributed by atoms with E-state index < -0.39 is 11.4 Å². The van der Waals surface area contributed by atoms with Crippen LogP contribution in [-0.2, 0) is 11.3 Å². The minimum atomic E-state index is -0.843. The maximum Gasteiger partial charge on any atom is 0.320 e. The summed E-state index contributed by atoms with van der Waals surface area (Å²) < 4.78 is 0. The Kier molecular flexibility index (Phi) is 3.92.